The number of methoxy groups -OCH3 is 1. The van der Waals surface area contributed by atoms with Gasteiger partial charge in [-0.25, -0.2) is 9.59 Å². The highest BCUT2D eigenvalue weighted by molar-refractivity contribution is 6.10. The lowest BCUT2D eigenvalue weighted by atomic mass is 10.1. The van der Waals surface area contributed by atoms with Crippen molar-refractivity contribution in [1.82, 2.24) is 0 Å². The van der Waals surface area contributed by atoms with E-state index in [1.807, 2.05) is 6.07 Å². The molecular weight excluding hydrogens is 388 g/mol. The number of rotatable bonds is 8. The molecule has 0 saturated carbocycles. The lowest BCUT2D eigenvalue weighted by Gasteiger charge is -2.09. The van der Waals surface area contributed by atoms with Crippen LogP contribution in [0.4, 0.5) is 5.69 Å². The molecule has 0 aliphatic heterocycles. The van der Waals surface area contributed by atoms with Crippen LogP contribution in [0.15, 0.2) is 54.1 Å². The van der Waals surface area contributed by atoms with Gasteiger partial charge in [0, 0.05) is 11.3 Å². The maximum atomic E-state index is 12.5. The SMILES string of the molecule is CCOC(=O)c1ccc(NC(=O)/C(C#N)=C/c2ccccc2OCC(=O)OC)cc1. The van der Waals surface area contributed by atoms with E-state index >= 15 is 0 Å². The summed E-state index contributed by atoms with van der Waals surface area (Å²) in [5, 5.41) is 12.0. The summed E-state index contributed by atoms with van der Waals surface area (Å²) in [4.78, 5) is 35.4. The number of esters is 2. The second-order valence-electron chi connectivity index (χ2n) is 5.82. The summed E-state index contributed by atoms with van der Waals surface area (Å²) in [6.45, 7) is 1.67. The molecule has 30 heavy (non-hydrogen) atoms. The summed E-state index contributed by atoms with van der Waals surface area (Å²) in [7, 11) is 1.24. The van der Waals surface area contributed by atoms with Gasteiger partial charge in [0.25, 0.3) is 5.91 Å². The predicted octanol–water partition coefficient (Wildman–Crippen LogP) is 2.96. The molecule has 0 radical (unpaired) electrons. The summed E-state index contributed by atoms with van der Waals surface area (Å²) in [6, 6.07) is 14.6. The Morgan fingerprint density at radius 2 is 1.80 bits per heavy atom. The number of nitrogens with zero attached hydrogens (tertiary/aromatic N) is 1. The van der Waals surface area contributed by atoms with Crippen LogP contribution in [0, 0.1) is 11.3 Å². The normalized spacial score (nSPS) is 10.5. The largest absolute Gasteiger partial charge is 0.481 e. The van der Waals surface area contributed by atoms with Gasteiger partial charge >= 0.3 is 11.9 Å². The van der Waals surface area contributed by atoms with Gasteiger partial charge in [0.05, 0.1) is 19.3 Å². The Balaban J connectivity index is 2.15. The molecular formula is C22H20N2O6. The highest BCUT2D eigenvalue weighted by Gasteiger charge is 2.13. The van der Waals surface area contributed by atoms with Gasteiger partial charge in [-0.15, -0.1) is 0 Å². The lowest BCUT2D eigenvalue weighted by molar-refractivity contribution is -0.142. The van der Waals surface area contributed by atoms with Crippen LogP contribution in [0.3, 0.4) is 0 Å². The number of para-hydroxylation sites is 1. The highest BCUT2D eigenvalue weighted by Crippen LogP contribution is 2.21. The Hall–Kier alpha value is -4.12. The Kier molecular flexibility index (Phi) is 8.15. The third-order valence-corrected chi connectivity index (χ3v) is 3.81. The molecule has 0 saturated heterocycles. The Labute approximate surface area is 173 Å². The van der Waals surface area contributed by atoms with E-state index in [4.69, 9.17) is 9.47 Å². The molecule has 8 nitrogen and oxygen atoms in total. The zero-order valence-electron chi connectivity index (χ0n) is 16.5. The number of hydrogen-bond donors (Lipinski definition) is 1. The molecule has 8 heteroatoms. The average molecular weight is 408 g/mol. The quantitative estimate of drug-likeness (QED) is 0.406. The molecule has 0 aromatic heterocycles. The Morgan fingerprint density at radius 3 is 2.43 bits per heavy atom. The molecule has 1 amide bonds. The van der Waals surface area contributed by atoms with Crippen LogP contribution < -0.4 is 10.1 Å². The first-order chi connectivity index (χ1) is 14.5. The number of nitriles is 1. The van der Waals surface area contributed by atoms with E-state index in [0.29, 0.717) is 22.6 Å². The van der Waals surface area contributed by atoms with Crippen molar-refractivity contribution in [3.05, 3.63) is 65.2 Å². The molecule has 0 unspecified atom stereocenters. The van der Waals surface area contributed by atoms with E-state index in [-0.39, 0.29) is 18.8 Å². The van der Waals surface area contributed by atoms with E-state index < -0.39 is 17.8 Å². The number of carbonyl (C=O) groups is 3. The average Bonchev–Trinajstić information content (AvgIpc) is 2.76. The van der Waals surface area contributed by atoms with Gasteiger partial charge in [-0.3, -0.25) is 4.79 Å². The summed E-state index contributed by atoms with van der Waals surface area (Å²) < 4.78 is 14.8. The number of benzene rings is 2. The molecule has 2 rings (SSSR count). The second-order valence-corrected chi connectivity index (χ2v) is 5.82. The molecule has 0 atom stereocenters. The minimum absolute atomic E-state index is 0.168. The number of carbonyl (C=O) groups excluding carboxylic acids is 3. The van der Waals surface area contributed by atoms with E-state index in [1.54, 1.807) is 31.2 Å². The number of hydrogen-bond acceptors (Lipinski definition) is 7. The molecule has 2 aromatic carbocycles. The van der Waals surface area contributed by atoms with Crippen LogP contribution in [-0.4, -0.2) is 38.2 Å². The van der Waals surface area contributed by atoms with E-state index in [0.717, 1.165) is 0 Å². The third kappa shape index (κ3) is 6.21. The smallest absolute Gasteiger partial charge is 0.343 e. The monoisotopic (exact) mass is 408 g/mol. The van der Waals surface area contributed by atoms with Crippen molar-refractivity contribution < 1.29 is 28.6 Å². The molecule has 154 valence electrons. The van der Waals surface area contributed by atoms with E-state index in [9.17, 15) is 19.6 Å². The van der Waals surface area contributed by atoms with Crippen LogP contribution in [0.1, 0.15) is 22.8 Å². The lowest BCUT2D eigenvalue weighted by Crippen LogP contribution is -2.14. The molecule has 0 spiro atoms. The van der Waals surface area contributed by atoms with Crippen LogP contribution in [0.2, 0.25) is 0 Å². The molecule has 0 heterocycles. The van der Waals surface area contributed by atoms with Gasteiger partial charge in [0.2, 0.25) is 0 Å². The van der Waals surface area contributed by atoms with Gasteiger partial charge in [0.15, 0.2) is 6.61 Å². The minimum atomic E-state index is -0.635. The molecule has 0 aliphatic carbocycles. The maximum Gasteiger partial charge on any atom is 0.343 e. The minimum Gasteiger partial charge on any atom is -0.481 e. The van der Waals surface area contributed by atoms with Gasteiger partial charge in [-0.05, 0) is 43.3 Å². The van der Waals surface area contributed by atoms with Crippen molar-refractivity contribution in [3.63, 3.8) is 0 Å². The first-order valence-electron chi connectivity index (χ1n) is 8.97. The second kappa shape index (κ2) is 11.0. The van der Waals surface area contributed by atoms with Crippen molar-refractivity contribution in [1.29, 1.82) is 5.26 Å². The molecule has 1 N–H and O–H groups in total. The van der Waals surface area contributed by atoms with Crippen LogP contribution in [-0.2, 0) is 19.1 Å². The fraction of sp³-hybridized carbons (Fsp3) is 0.182. The summed E-state index contributed by atoms with van der Waals surface area (Å²) in [5.74, 6) is -1.33. The van der Waals surface area contributed by atoms with E-state index in [2.05, 4.69) is 10.1 Å². The van der Waals surface area contributed by atoms with Gasteiger partial charge < -0.3 is 19.5 Å². The van der Waals surface area contributed by atoms with Crippen LogP contribution in [0.5, 0.6) is 5.75 Å². The van der Waals surface area contributed by atoms with Crippen LogP contribution in [0.25, 0.3) is 6.08 Å². The first-order valence-corrected chi connectivity index (χ1v) is 8.97. The topological polar surface area (TPSA) is 115 Å². The molecule has 0 fully saturated rings. The van der Waals surface area contributed by atoms with Crippen molar-refractivity contribution in [2.45, 2.75) is 6.92 Å². The van der Waals surface area contributed by atoms with Crippen molar-refractivity contribution in [3.8, 4) is 11.8 Å². The van der Waals surface area contributed by atoms with E-state index in [1.165, 1.54) is 37.5 Å². The van der Waals surface area contributed by atoms with Crippen LogP contribution >= 0.6 is 0 Å². The predicted molar refractivity (Wildman–Crippen MR) is 109 cm³/mol. The number of ether oxygens (including phenoxy) is 3. The fourth-order valence-corrected chi connectivity index (χ4v) is 2.33. The summed E-state index contributed by atoms with van der Waals surface area (Å²) in [6.07, 6.45) is 1.36. The highest BCUT2D eigenvalue weighted by atomic mass is 16.6. The Bertz CT molecular complexity index is 989. The van der Waals surface area contributed by atoms with Crippen molar-refractivity contribution >= 4 is 29.6 Å². The first kappa shape index (κ1) is 22.2. The standard InChI is InChI=1S/C22H20N2O6/c1-3-29-22(27)15-8-10-18(11-9-15)24-21(26)17(13-23)12-16-6-4-5-7-19(16)30-14-20(25)28-2/h4-12H,3,14H2,1-2H3,(H,24,26)/b17-12+. The number of nitrogens with one attached hydrogen (secondary N) is 1. The fourth-order valence-electron chi connectivity index (χ4n) is 2.33. The van der Waals surface area contributed by atoms with Gasteiger partial charge in [-0.2, -0.15) is 5.26 Å². The van der Waals surface area contributed by atoms with Gasteiger partial charge in [-0.1, -0.05) is 18.2 Å². The molecule has 0 aliphatic rings. The Morgan fingerprint density at radius 1 is 1.10 bits per heavy atom. The number of amides is 1. The summed E-state index contributed by atoms with van der Waals surface area (Å²) >= 11 is 0. The maximum absolute atomic E-state index is 12.5. The summed E-state index contributed by atoms with van der Waals surface area (Å²) in [5.41, 5.74) is 1.04. The van der Waals surface area contributed by atoms with Crippen molar-refractivity contribution in [2.24, 2.45) is 0 Å². The number of anilines is 1. The zero-order chi connectivity index (χ0) is 21.9. The molecule has 0 bridgehead atoms. The molecule has 2 aromatic rings. The zero-order valence-corrected chi connectivity index (χ0v) is 16.5. The van der Waals surface area contributed by atoms with Crippen molar-refractivity contribution in [2.75, 3.05) is 25.6 Å². The van der Waals surface area contributed by atoms with Gasteiger partial charge in [0.1, 0.15) is 17.4 Å². The third-order valence-electron chi connectivity index (χ3n) is 3.81.